The van der Waals surface area contributed by atoms with Crippen molar-refractivity contribution in [2.24, 2.45) is 5.92 Å². The topological polar surface area (TPSA) is 64.1 Å². The highest BCUT2D eigenvalue weighted by molar-refractivity contribution is 5.86. The van der Waals surface area contributed by atoms with Gasteiger partial charge in [-0.05, 0) is 31.4 Å². The minimum absolute atomic E-state index is 0.217. The van der Waals surface area contributed by atoms with Crippen molar-refractivity contribution in [1.29, 1.82) is 0 Å². The lowest BCUT2D eigenvalue weighted by molar-refractivity contribution is 0.0593. The van der Waals surface area contributed by atoms with Crippen LogP contribution in [-0.2, 0) is 4.74 Å². The van der Waals surface area contributed by atoms with Gasteiger partial charge in [-0.1, -0.05) is 13.8 Å². The Morgan fingerprint density at radius 2 is 2.06 bits per heavy atom. The number of anilines is 1. The molecule has 1 aromatic heterocycles. The van der Waals surface area contributed by atoms with Gasteiger partial charge in [0.25, 0.3) is 0 Å². The third-order valence-electron chi connectivity index (χ3n) is 2.28. The minimum Gasteiger partial charge on any atom is -0.464 e. The van der Waals surface area contributed by atoms with Gasteiger partial charge in [-0.2, -0.15) is 0 Å². The van der Waals surface area contributed by atoms with Crippen LogP contribution in [0.15, 0.2) is 12.1 Å². The van der Waals surface area contributed by atoms with Gasteiger partial charge >= 0.3 is 5.97 Å². The van der Waals surface area contributed by atoms with Crippen LogP contribution in [0, 0.1) is 5.92 Å². The number of nitrogens with zero attached hydrogens (tertiary/aromatic N) is 2. The Balaban J connectivity index is 2.59. The molecule has 1 atom stereocenters. The summed E-state index contributed by atoms with van der Waals surface area (Å²) in [6, 6.07) is 3.66. The summed E-state index contributed by atoms with van der Waals surface area (Å²) in [7, 11) is 1.32. The predicted octanol–water partition coefficient (Wildman–Crippen LogP) is 2.11. The predicted molar refractivity (Wildman–Crippen MR) is 65.9 cm³/mol. The highest BCUT2D eigenvalue weighted by Crippen LogP contribution is 2.10. The Kier molecular flexibility index (Phi) is 4.87. The van der Waals surface area contributed by atoms with Crippen LogP contribution in [0.25, 0.3) is 0 Å². The minimum atomic E-state index is -0.473. The van der Waals surface area contributed by atoms with Crippen molar-refractivity contribution in [3.8, 4) is 0 Å². The number of carbonyl (C=O) groups is 1. The van der Waals surface area contributed by atoms with Gasteiger partial charge in [0.15, 0.2) is 5.69 Å². The lowest BCUT2D eigenvalue weighted by Gasteiger charge is -2.15. The van der Waals surface area contributed by atoms with Crippen molar-refractivity contribution < 1.29 is 9.53 Å². The second-order valence-electron chi connectivity index (χ2n) is 4.47. The number of esters is 1. The summed E-state index contributed by atoms with van der Waals surface area (Å²) in [5.41, 5.74) is 0.217. The molecular formula is C12H19N3O2. The van der Waals surface area contributed by atoms with Gasteiger partial charge in [-0.25, -0.2) is 4.79 Å². The molecule has 0 radical (unpaired) electrons. The number of carbonyl (C=O) groups excluding carboxylic acids is 1. The molecule has 1 unspecified atom stereocenters. The Morgan fingerprint density at radius 3 is 2.53 bits per heavy atom. The van der Waals surface area contributed by atoms with Gasteiger partial charge in [-0.3, -0.25) is 0 Å². The summed E-state index contributed by atoms with van der Waals surface area (Å²) in [6.07, 6.45) is 1.06. The molecule has 1 N–H and O–H groups in total. The van der Waals surface area contributed by atoms with E-state index in [0.717, 1.165) is 6.42 Å². The van der Waals surface area contributed by atoms with E-state index in [0.29, 0.717) is 17.8 Å². The summed E-state index contributed by atoms with van der Waals surface area (Å²) in [5, 5.41) is 11.0. The molecule has 0 saturated heterocycles. The molecule has 17 heavy (non-hydrogen) atoms. The molecule has 0 bridgehead atoms. The molecule has 0 aliphatic heterocycles. The average molecular weight is 237 g/mol. The Morgan fingerprint density at radius 1 is 1.35 bits per heavy atom. The van der Waals surface area contributed by atoms with Crippen molar-refractivity contribution in [3.05, 3.63) is 17.8 Å². The van der Waals surface area contributed by atoms with Gasteiger partial charge in [0.1, 0.15) is 5.82 Å². The highest BCUT2D eigenvalue weighted by atomic mass is 16.5. The molecule has 5 nitrogen and oxygen atoms in total. The summed E-state index contributed by atoms with van der Waals surface area (Å²) >= 11 is 0. The maximum atomic E-state index is 11.1. The summed E-state index contributed by atoms with van der Waals surface area (Å²) in [4.78, 5) is 11.1. The summed E-state index contributed by atoms with van der Waals surface area (Å²) in [5.74, 6) is 0.824. The lowest BCUT2D eigenvalue weighted by atomic mass is 10.1. The van der Waals surface area contributed by atoms with E-state index >= 15 is 0 Å². The molecule has 1 rings (SSSR count). The first-order valence-electron chi connectivity index (χ1n) is 5.71. The average Bonchev–Trinajstić information content (AvgIpc) is 2.28. The highest BCUT2D eigenvalue weighted by Gasteiger charge is 2.09. The zero-order valence-corrected chi connectivity index (χ0v) is 10.7. The van der Waals surface area contributed by atoms with E-state index in [1.54, 1.807) is 12.1 Å². The fourth-order valence-electron chi connectivity index (χ4n) is 1.64. The number of aromatic nitrogens is 2. The fraction of sp³-hybridized carbons (Fsp3) is 0.583. The van der Waals surface area contributed by atoms with Gasteiger partial charge < -0.3 is 10.1 Å². The molecule has 1 heterocycles. The van der Waals surface area contributed by atoms with E-state index in [2.05, 4.69) is 41.0 Å². The van der Waals surface area contributed by atoms with Crippen LogP contribution in [0.3, 0.4) is 0 Å². The van der Waals surface area contributed by atoms with Crippen LogP contribution >= 0.6 is 0 Å². The number of rotatable bonds is 5. The van der Waals surface area contributed by atoms with Gasteiger partial charge in [0, 0.05) is 6.04 Å². The second-order valence-corrected chi connectivity index (χ2v) is 4.47. The van der Waals surface area contributed by atoms with Crippen LogP contribution in [0.1, 0.15) is 37.7 Å². The van der Waals surface area contributed by atoms with E-state index in [1.807, 2.05) is 0 Å². The summed E-state index contributed by atoms with van der Waals surface area (Å²) in [6.45, 7) is 6.43. The van der Waals surface area contributed by atoms with E-state index in [1.165, 1.54) is 7.11 Å². The third-order valence-corrected chi connectivity index (χ3v) is 2.28. The van der Waals surface area contributed by atoms with E-state index < -0.39 is 5.97 Å². The molecule has 0 aliphatic rings. The Labute approximate surface area is 102 Å². The van der Waals surface area contributed by atoms with Crippen molar-refractivity contribution in [2.45, 2.75) is 33.2 Å². The molecule has 0 amide bonds. The monoisotopic (exact) mass is 237 g/mol. The second kappa shape index (κ2) is 6.18. The normalized spacial score (nSPS) is 12.3. The SMILES string of the molecule is COC(=O)c1ccc(NC(C)CC(C)C)nn1. The van der Waals surface area contributed by atoms with E-state index in [4.69, 9.17) is 0 Å². The molecule has 0 aliphatic carbocycles. The largest absolute Gasteiger partial charge is 0.464 e. The molecule has 0 spiro atoms. The number of nitrogens with one attached hydrogen (secondary N) is 1. The van der Waals surface area contributed by atoms with Crippen LogP contribution < -0.4 is 5.32 Å². The van der Waals surface area contributed by atoms with Gasteiger partial charge in [-0.15, -0.1) is 10.2 Å². The number of hydrogen-bond donors (Lipinski definition) is 1. The van der Waals surface area contributed by atoms with Crippen LogP contribution in [-0.4, -0.2) is 29.3 Å². The molecular weight excluding hydrogens is 218 g/mol. The summed E-state index contributed by atoms with van der Waals surface area (Å²) < 4.78 is 4.55. The lowest BCUT2D eigenvalue weighted by Crippen LogP contribution is -2.18. The zero-order chi connectivity index (χ0) is 12.8. The van der Waals surface area contributed by atoms with Crippen molar-refractivity contribution in [1.82, 2.24) is 10.2 Å². The number of methoxy groups -OCH3 is 1. The Bertz CT molecular complexity index is 363. The fourth-order valence-corrected chi connectivity index (χ4v) is 1.64. The number of ether oxygens (including phenoxy) is 1. The van der Waals surface area contributed by atoms with Crippen LogP contribution in [0.2, 0.25) is 0 Å². The van der Waals surface area contributed by atoms with Crippen molar-refractivity contribution in [2.75, 3.05) is 12.4 Å². The molecule has 0 saturated carbocycles. The molecule has 94 valence electrons. The quantitative estimate of drug-likeness (QED) is 0.794. The zero-order valence-electron chi connectivity index (χ0n) is 10.7. The first-order chi connectivity index (χ1) is 8.02. The molecule has 0 fully saturated rings. The molecule has 1 aromatic rings. The van der Waals surface area contributed by atoms with Crippen molar-refractivity contribution in [3.63, 3.8) is 0 Å². The molecule has 0 aromatic carbocycles. The molecule has 5 heteroatoms. The first-order valence-corrected chi connectivity index (χ1v) is 5.71. The van der Waals surface area contributed by atoms with Crippen LogP contribution in [0.5, 0.6) is 0 Å². The maximum absolute atomic E-state index is 11.1. The first kappa shape index (κ1) is 13.4. The third kappa shape index (κ3) is 4.38. The van der Waals surface area contributed by atoms with E-state index in [-0.39, 0.29) is 5.69 Å². The van der Waals surface area contributed by atoms with Gasteiger partial charge in [0.2, 0.25) is 0 Å². The van der Waals surface area contributed by atoms with Crippen molar-refractivity contribution >= 4 is 11.8 Å². The standard InChI is InChI=1S/C12H19N3O2/c1-8(2)7-9(3)13-11-6-5-10(14-15-11)12(16)17-4/h5-6,8-9H,7H2,1-4H3,(H,13,15). The Hall–Kier alpha value is -1.65. The van der Waals surface area contributed by atoms with E-state index in [9.17, 15) is 4.79 Å². The smallest absolute Gasteiger partial charge is 0.358 e. The van der Waals surface area contributed by atoms with Crippen LogP contribution in [0.4, 0.5) is 5.82 Å². The maximum Gasteiger partial charge on any atom is 0.358 e. The van der Waals surface area contributed by atoms with Gasteiger partial charge in [0.05, 0.1) is 7.11 Å². The number of hydrogen-bond acceptors (Lipinski definition) is 5.